The van der Waals surface area contributed by atoms with Crippen LogP contribution in [0.5, 0.6) is 5.75 Å². The van der Waals surface area contributed by atoms with Crippen molar-refractivity contribution >= 4 is 33.7 Å². The number of aromatic nitrogens is 3. The first-order valence-electron chi connectivity index (χ1n) is 8.59. The highest BCUT2D eigenvalue weighted by Crippen LogP contribution is 2.32. The van der Waals surface area contributed by atoms with Crippen LogP contribution in [0.2, 0.25) is 0 Å². The molecule has 3 heterocycles. The van der Waals surface area contributed by atoms with Gasteiger partial charge in [0.1, 0.15) is 10.6 Å². The molecule has 1 amide bonds. The highest BCUT2D eigenvalue weighted by Gasteiger charge is 2.21. The van der Waals surface area contributed by atoms with E-state index in [1.807, 2.05) is 67.2 Å². The molecule has 3 aromatic heterocycles. The number of carbonyl (C=O) groups is 1. The summed E-state index contributed by atoms with van der Waals surface area (Å²) >= 11 is 2.81. The zero-order valence-electron chi connectivity index (χ0n) is 15.6. The summed E-state index contributed by atoms with van der Waals surface area (Å²) in [5, 5.41) is 4.24. The van der Waals surface area contributed by atoms with Crippen LogP contribution in [0.1, 0.15) is 20.2 Å². The van der Waals surface area contributed by atoms with Crippen molar-refractivity contribution in [2.75, 3.05) is 12.4 Å². The fraction of sp³-hybridized carbons (Fsp3) is 0.150. The zero-order valence-corrected chi connectivity index (χ0v) is 17.2. The quantitative estimate of drug-likeness (QED) is 0.506. The maximum absolute atomic E-state index is 13.0. The maximum Gasteiger partial charge on any atom is 0.269 e. The van der Waals surface area contributed by atoms with E-state index in [1.165, 1.54) is 22.7 Å². The van der Waals surface area contributed by atoms with E-state index < -0.39 is 0 Å². The van der Waals surface area contributed by atoms with Crippen molar-refractivity contribution < 1.29 is 9.53 Å². The first-order chi connectivity index (χ1) is 13.5. The van der Waals surface area contributed by atoms with Gasteiger partial charge in [-0.25, -0.2) is 9.97 Å². The van der Waals surface area contributed by atoms with Gasteiger partial charge in [-0.2, -0.15) is 0 Å². The van der Waals surface area contributed by atoms with Crippen molar-refractivity contribution in [2.24, 2.45) is 0 Å². The summed E-state index contributed by atoms with van der Waals surface area (Å²) < 4.78 is 7.13. The number of nitrogens with one attached hydrogen (secondary N) is 1. The van der Waals surface area contributed by atoms with Gasteiger partial charge >= 0.3 is 0 Å². The van der Waals surface area contributed by atoms with Gasteiger partial charge in [0.05, 0.1) is 18.5 Å². The van der Waals surface area contributed by atoms with Gasteiger partial charge in [-0.1, -0.05) is 11.3 Å². The lowest BCUT2D eigenvalue weighted by molar-refractivity contribution is 0.103. The van der Waals surface area contributed by atoms with Crippen molar-refractivity contribution in [2.45, 2.75) is 13.8 Å². The standard InChI is InChI=1S/C20H18N4O2S2/c1-12-13(2)27-19(21-12)23-18(25)17-16(14-6-8-15(26-3)9-7-14)22-20(28-17)24-10-4-5-11-24/h4-11H,1-3H3,(H,21,23,25). The molecule has 0 aliphatic carbocycles. The summed E-state index contributed by atoms with van der Waals surface area (Å²) in [6.07, 6.45) is 3.82. The van der Waals surface area contributed by atoms with Crippen molar-refractivity contribution in [1.29, 1.82) is 0 Å². The third kappa shape index (κ3) is 3.56. The Labute approximate surface area is 170 Å². The Morgan fingerprint density at radius 2 is 1.79 bits per heavy atom. The van der Waals surface area contributed by atoms with E-state index in [9.17, 15) is 4.79 Å². The normalized spacial score (nSPS) is 10.8. The van der Waals surface area contributed by atoms with E-state index in [2.05, 4.69) is 10.3 Å². The molecule has 8 heteroatoms. The number of benzene rings is 1. The molecule has 0 radical (unpaired) electrons. The van der Waals surface area contributed by atoms with E-state index in [4.69, 9.17) is 9.72 Å². The summed E-state index contributed by atoms with van der Waals surface area (Å²) in [6, 6.07) is 11.4. The number of ether oxygens (including phenoxy) is 1. The van der Waals surface area contributed by atoms with Gasteiger partial charge in [0.2, 0.25) is 0 Å². The Bertz CT molecular complexity index is 1090. The highest BCUT2D eigenvalue weighted by atomic mass is 32.1. The van der Waals surface area contributed by atoms with Gasteiger partial charge < -0.3 is 9.30 Å². The molecule has 0 atom stereocenters. The summed E-state index contributed by atoms with van der Waals surface area (Å²) in [5.41, 5.74) is 2.42. The molecular formula is C20H18N4O2S2. The van der Waals surface area contributed by atoms with E-state index >= 15 is 0 Å². The van der Waals surface area contributed by atoms with Crippen LogP contribution < -0.4 is 10.1 Å². The van der Waals surface area contributed by atoms with Crippen LogP contribution in [0.4, 0.5) is 5.13 Å². The number of amides is 1. The van der Waals surface area contributed by atoms with Crippen LogP contribution in [0.3, 0.4) is 0 Å². The number of hydrogen-bond donors (Lipinski definition) is 1. The summed E-state index contributed by atoms with van der Waals surface area (Å²) in [7, 11) is 1.62. The van der Waals surface area contributed by atoms with Crippen molar-refractivity contribution in [3.63, 3.8) is 0 Å². The minimum Gasteiger partial charge on any atom is -0.497 e. The fourth-order valence-electron chi connectivity index (χ4n) is 2.66. The second-order valence-corrected chi connectivity index (χ2v) is 8.29. The molecule has 28 heavy (non-hydrogen) atoms. The average Bonchev–Trinajstić information content (AvgIpc) is 3.42. The smallest absolute Gasteiger partial charge is 0.269 e. The van der Waals surface area contributed by atoms with Crippen LogP contribution in [0.15, 0.2) is 48.8 Å². The van der Waals surface area contributed by atoms with Crippen LogP contribution in [0, 0.1) is 13.8 Å². The molecule has 0 aliphatic rings. The Morgan fingerprint density at radius 1 is 1.07 bits per heavy atom. The van der Waals surface area contributed by atoms with Crippen molar-refractivity contribution in [3.05, 3.63) is 64.2 Å². The molecule has 1 aromatic carbocycles. The molecule has 4 aromatic rings. The number of methoxy groups -OCH3 is 1. The molecular weight excluding hydrogens is 392 g/mol. The summed E-state index contributed by atoms with van der Waals surface area (Å²) in [4.78, 5) is 23.8. The van der Waals surface area contributed by atoms with Crippen LogP contribution in [-0.2, 0) is 0 Å². The molecule has 0 saturated heterocycles. The lowest BCUT2D eigenvalue weighted by Crippen LogP contribution is -2.11. The maximum atomic E-state index is 13.0. The minimum absolute atomic E-state index is 0.213. The molecule has 0 unspecified atom stereocenters. The number of rotatable bonds is 5. The van der Waals surface area contributed by atoms with E-state index in [0.717, 1.165) is 27.0 Å². The Kier molecular flexibility index (Phi) is 4.97. The predicted molar refractivity (Wildman–Crippen MR) is 113 cm³/mol. The van der Waals surface area contributed by atoms with Gasteiger partial charge in [0.25, 0.3) is 5.91 Å². The average molecular weight is 411 g/mol. The second-order valence-electron chi connectivity index (χ2n) is 6.11. The van der Waals surface area contributed by atoms with Crippen molar-refractivity contribution in [3.8, 4) is 22.1 Å². The lowest BCUT2D eigenvalue weighted by atomic mass is 10.1. The summed E-state index contributed by atoms with van der Waals surface area (Å²) in [5.74, 6) is 0.542. The van der Waals surface area contributed by atoms with E-state index in [0.29, 0.717) is 15.7 Å². The molecule has 1 N–H and O–H groups in total. The van der Waals surface area contributed by atoms with Gasteiger partial charge in [-0.15, -0.1) is 11.3 Å². The third-order valence-electron chi connectivity index (χ3n) is 4.26. The Balaban J connectivity index is 1.74. The van der Waals surface area contributed by atoms with Crippen LogP contribution >= 0.6 is 22.7 Å². The zero-order chi connectivity index (χ0) is 19.7. The largest absolute Gasteiger partial charge is 0.497 e. The molecule has 0 bridgehead atoms. The van der Waals surface area contributed by atoms with Crippen molar-refractivity contribution in [1.82, 2.24) is 14.5 Å². The van der Waals surface area contributed by atoms with Gasteiger partial charge in [0.15, 0.2) is 10.3 Å². The SMILES string of the molecule is COc1ccc(-c2nc(-n3cccc3)sc2C(=O)Nc2nc(C)c(C)s2)cc1. The molecule has 0 saturated carbocycles. The topological polar surface area (TPSA) is 69.0 Å². The lowest BCUT2D eigenvalue weighted by Gasteiger charge is -2.04. The number of aryl methyl sites for hydroxylation is 2. The number of nitrogens with zero attached hydrogens (tertiary/aromatic N) is 3. The summed E-state index contributed by atoms with van der Waals surface area (Å²) in [6.45, 7) is 3.92. The monoisotopic (exact) mass is 410 g/mol. The van der Waals surface area contributed by atoms with E-state index in [1.54, 1.807) is 7.11 Å². The molecule has 0 spiro atoms. The number of anilines is 1. The van der Waals surface area contributed by atoms with Gasteiger partial charge in [-0.05, 0) is 50.2 Å². The Hall–Kier alpha value is -2.97. The first kappa shape index (κ1) is 18.4. The molecule has 142 valence electrons. The van der Waals surface area contributed by atoms with E-state index in [-0.39, 0.29) is 5.91 Å². The number of thiazole rings is 2. The highest BCUT2D eigenvalue weighted by molar-refractivity contribution is 7.17. The second kappa shape index (κ2) is 7.57. The third-order valence-corrected chi connectivity index (χ3v) is 6.32. The van der Waals surface area contributed by atoms with Gasteiger partial charge in [0, 0.05) is 22.8 Å². The molecule has 0 aliphatic heterocycles. The molecule has 4 rings (SSSR count). The van der Waals surface area contributed by atoms with Crippen LogP contribution in [0.25, 0.3) is 16.4 Å². The Morgan fingerprint density at radius 3 is 2.39 bits per heavy atom. The molecule has 6 nitrogen and oxygen atoms in total. The molecule has 0 fully saturated rings. The van der Waals surface area contributed by atoms with Crippen LogP contribution in [-0.4, -0.2) is 27.6 Å². The fourth-order valence-corrected chi connectivity index (χ4v) is 4.42. The van der Waals surface area contributed by atoms with Gasteiger partial charge in [-0.3, -0.25) is 10.1 Å². The number of carbonyl (C=O) groups excluding carboxylic acids is 1. The first-order valence-corrected chi connectivity index (χ1v) is 10.2. The predicted octanol–water partition coefficient (Wildman–Crippen LogP) is 4.94. The number of hydrogen-bond acceptors (Lipinski definition) is 6. The minimum atomic E-state index is -0.213.